The van der Waals surface area contributed by atoms with Crippen molar-refractivity contribution in [1.29, 1.82) is 0 Å². The molecule has 1 unspecified atom stereocenters. The van der Waals surface area contributed by atoms with Gasteiger partial charge >= 0.3 is 11.9 Å². The molecule has 0 spiro atoms. The summed E-state index contributed by atoms with van der Waals surface area (Å²) in [4.78, 5) is 43.5. The molecule has 1 aliphatic rings. The smallest absolute Gasteiger partial charge is 0.343 e. The highest BCUT2D eigenvalue weighted by Gasteiger charge is 2.35. The molecule has 0 saturated heterocycles. The molecule has 0 N–H and O–H groups in total. The number of carbonyl (C=O) groups is 2. The fraction of sp³-hybridized carbons (Fsp3) is 0.286. The zero-order chi connectivity index (χ0) is 27.9. The summed E-state index contributed by atoms with van der Waals surface area (Å²) in [7, 11) is 4.33. The molecule has 10 nitrogen and oxygen atoms in total. The van der Waals surface area contributed by atoms with E-state index in [1.807, 2.05) is 24.3 Å². The number of esters is 2. The van der Waals surface area contributed by atoms with Crippen LogP contribution in [-0.4, -0.2) is 57.7 Å². The summed E-state index contributed by atoms with van der Waals surface area (Å²) >= 11 is 1.20. The maximum atomic E-state index is 13.8. The van der Waals surface area contributed by atoms with E-state index in [1.165, 1.54) is 37.2 Å². The van der Waals surface area contributed by atoms with Crippen molar-refractivity contribution < 1.29 is 33.3 Å². The Bertz CT molecular complexity index is 1590. The number of ether oxygens (including phenoxy) is 5. The molecule has 0 saturated carbocycles. The Balaban J connectivity index is 1.82. The van der Waals surface area contributed by atoms with E-state index < -0.39 is 18.0 Å². The van der Waals surface area contributed by atoms with Crippen LogP contribution >= 0.6 is 11.3 Å². The third-order valence-electron chi connectivity index (χ3n) is 5.94. The molecular formula is C28H28N2O8S. The predicted octanol–water partition coefficient (Wildman–Crippen LogP) is 1.99. The highest BCUT2D eigenvalue weighted by Crippen LogP contribution is 2.35. The first-order valence-corrected chi connectivity index (χ1v) is 12.8. The van der Waals surface area contributed by atoms with Crippen molar-refractivity contribution in [3.8, 4) is 11.5 Å². The van der Waals surface area contributed by atoms with E-state index >= 15 is 0 Å². The van der Waals surface area contributed by atoms with Gasteiger partial charge in [-0.15, -0.1) is 0 Å². The van der Waals surface area contributed by atoms with Crippen LogP contribution in [0.15, 0.2) is 69.6 Å². The normalized spacial score (nSPS) is 14.9. The Morgan fingerprint density at radius 2 is 1.87 bits per heavy atom. The van der Waals surface area contributed by atoms with Crippen LogP contribution in [0.3, 0.4) is 0 Å². The summed E-state index contributed by atoms with van der Waals surface area (Å²) in [5, 5.41) is 0. The lowest BCUT2D eigenvalue weighted by molar-refractivity contribution is -0.143. The number of carbonyl (C=O) groups excluding carboxylic acids is 2. The highest BCUT2D eigenvalue weighted by atomic mass is 32.1. The maximum absolute atomic E-state index is 13.8. The summed E-state index contributed by atoms with van der Waals surface area (Å²) in [6, 6.07) is 13.4. The molecule has 2 aromatic carbocycles. The van der Waals surface area contributed by atoms with Gasteiger partial charge in [0.1, 0.15) is 24.1 Å². The molecule has 1 aliphatic heterocycles. The van der Waals surface area contributed by atoms with Crippen molar-refractivity contribution in [2.45, 2.75) is 13.0 Å². The molecule has 1 atom stereocenters. The minimum Gasteiger partial charge on any atom is -0.496 e. The summed E-state index contributed by atoms with van der Waals surface area (Å²) in [5.41, 5.74) is 1.67. The summed E-state index contributed by atoms with van der Waals surface area (Å²) < 4.78 is 28.0. The predicted molar refractivity (Wildman–Crippen MR) is 144 cm³/mol. The molecule has 11 heteroatoms. The number of nitrogens with zero attached hydrogens (tertiary/aromatic N) is 2. The van der Waals surface area contributed by atoms with Crippen LogP contribution < -0.4 is 24.4 Å². The molecule has 0 bridgehead atoms. The number of hydrogen-bond donors (Lipinski definition) is 0. The van der Waals surface area contributed by atoms with E-state index in [4.69, 9.17) is 18.9 Å². The second-order valence-electron chi connectivity index (χ2n) is 8.39. The number of methoxy groups -OCH3 is 3. The van der Waals surface area contributed by atoms with Crippen LogP contribution in [0, 0.1) is 0 Å². The first-order valence-electron chi connectivity index (χ1n) is 12.0. The SMILES string of the molecule is COCCOC(=O)C1=C(C)N=c2sc(=Cc3cccc(OCC(=O)OC)c3)c(=O)n2C1c1ccccc1OC. The number of fused-ring (bicyclic) bond motifs is 1. The van der Waals surface area contributed by atoms with Crippen molar-refractivity contribution in [1.82, 2.24) is 4.57 Å². The van der Waals surface area contributed by atoms with Crippen molar-refractivity contribution in [3.05, 3.63) is 90.6 Å². The number of aromatic nitrogens is 1. The molecule has 0 aliphatic carbocycles. The van der Waals surface area contributed by atoms with Gasteiger partial charge in [-0.05, 0) is 36.8 Å². The number of para-hydroxylation sites is 1. The molecule has 1 aromatic heterocycles. The van der Waals surface area contributed by atoms with Gasteiger partial charge in [0.15, 0.2) is 11.4 Å². The average Bonchev–Trinajstić information content (AvgIpc) is 3.25. The summed E-state index contributed by atoms with van der Waals surface area (Å²) in [6.07, 6.45) is 1.71. The van der Waals surface area contributed by atoms with Crippen LogP contribution in [0.1, 0.15) is 24.1 Å². The molecule has 204 valence electrons. The Labute approximate surface area is 228 Å². The first kappa shape index (κ1) is 27.8. The van der Waals surface area contributed by atoms with Crippen LogP contribution in [-0.2, 0) is 23.8 Å². The lowest BCUT2D eigenvalue weighted by Gasteiger charge is -2.26. The van der Waals surface area contributed by atoms with Gasteiger partial charge in [0.25, 0.3) is 5.56 Å². The average molecular weight is 553 g/mol. The first-order chi connectivity index (χ1) is 18.9. The lowest BCUT2D eigenvalue weighted by Crippen LogP contribution is -2.40. The summed E-state index contributed by atoms with van der Waals surface area (Å²) in [6.45, 7) is 1.78. The topological polar surface area (TPSA) is 115 Å². The molecule has 2 heterocycles. The second-order valence-corrected chi connectivity index (χ2v) is 9.40. The third kappa shape index (κ3) is 6.10. The van der Waals surface area contributed by atoms with Gasteiger partial charge in [-0.2, -0.15) is 0 Å². The molecule has 0 radical (unpaired) electrons. The number of allylic oxidation sites excluding steroid dienone is 1. The maximum Gasteiger partial charge on any atom is 0.343 e. The van der Waals surface area contributed by atoms with Gasteiger partial charge in [-0.1, -0.05) is 41.7 Å². The van der Waals surface area contributed by atoms with E-state index in [1.54, 1.807) is 37.3 Å². The van der Waals surface area contributed by atoms with Crippen LogP contribution in [0.4, 0.5) is 0 Å². The van der Waals surface area contributed by atoms with Gasteiger partial charge in [-0.25, -0.2) is 14.6 Å². The zero-order valence-corrected chi connectivity index (χ0v) is 22.8. The zero-order valence-electron chi connectivity index (χ0n) is 22.0. The van der Waals surface area contributed by atoms with E-state index in [9.17, 15) is 14.4 Å². The van der Waals surface area contributed by atoms with E-state index in [0.29, 0.717) is 37.7 Å². The Morgan fingerprint density at radius 1 is 1.08 bits per heavy atom. The highest BCUT2D eigenvalue weighted by molar-refractivity contribution is 7.07. The number of benzene rings is 2. The lowest BCUT2D eigenvalue weighted by atomic mass is 9.95. The van der Waals surface area contributed by atoms with E-state index in [0.717, 1.165) is 0 Å². The monoisotopic (exact) mass is 552 g/mol. The number of rotatable bonds is 10. The van der Waals surface area contributed by atoms with Crippen molar-refractivity contribution in [2.24, 2.45) is 4.99 Å². The number of thiazole rings is 1. The minimum atomic E-state index is -0.815. The standard InChI is InChI=1S/C28H28N2O8S/c1-17-24(27(33)37-13-12-34-2)25(20-10-5-6-11-21(20)35-3)30-26(32)22(39-28(30)29-17)15-18-8-7-9-19(14-18)38-16-23(31)36-4/h5-11,14-15,25H,12-13,16H2,1-4H3. The fourth-order valence-corrected chi connectivity index (χ4v) is 5.16. The van der Waals surface area contributed by atoms with E-state index in [-0.39, 0.29) is 31.0 Å². The number of hydrogen-bond acceptors (Lipinski definition) is 10. The fourth-order valence-electron chi connectivity index (χ4n) is 4.11. The Hall–Kier alpha value is -4.22. The van der Waals surface area contributed by atoms with Crippen LogP contribution in [0.25, 0.3) is 6.08 Å². The van der Waals surface area contributed by atoms with Crippen molar-refractivity contribution in [3.63, 3.8) is 0 Å². The molecular weight excluding hydrogens is 524 g/mol. The van der Waals surface area contributed by atoms with Gasteiger partial charge < -0.3 is 23.7 Å². The molecule has 0 amide bonds. The third-order valence-corrected chi connectivity index (χ3v) is 6.92. The van der Waals surface area contributed by atoms with Crippen molar-refractivity contribution in [2.75, 3.05) is 41.2 Å². The largest absolute Gasteiger partial charge is 0.496 e. The van der Waals surface area contributed by atoms with Crippen LogP contribution in [0.2, 0.25) is 0 Å². The molecule has 4 rings (SSSR count). The van der Waals surface area contributed by atoms with Crippen LogP contribution in [0.5, 0.6) is 11.5 Å². The van der Waals surface area contributed by atoms with Gasteiger partial charge in [0.2, 0.25) is 0 Å². The minimum absolute atomic E-state index is 0.0591. The van der Waals surface area contributed by atoms with E-state index in [2.05, 4.69) is 9.73 Å². The second kappa shape index (κ2) is 12.5. The van der Waals surface area contributed by atoms with Gasteiger partial charge in [-0.3, -0.25) is 9.36 Å². The van der Waals surface area contributed by atoms with Gasteiger partial charge in [0.05, 0.1) is 36.6 Å². The summed E-state index contributed by atoms with van der Waals surface area (Å²) in [5.74, 6) is -0.124. The van der Waals surface area contributed by atoms with Gasteiger partial charge in [0, 0.05) is 12.7 Å². The van der Waals surface area contributed by atoms with Crippen molar-refractivity contribution >= 4 is 29.4 Å². The quantitative estimate of drug-likeness (QED) is 0.277. The Kier molecular flexibility index (Phi) is 8.95. The molecule has 3 aromatic rings. The Morgan fingerprint density at radius 3 is 2.62 bits per heavy atom. The molecule has 0 fully saturated rings. The molecule has 39 heavy (non-hydrogen) atoms.